The summed E-state index contributed by atoms with van der Waals surface area (Å²) in [4.78, 5) is 20.6. The molecule has 0 bridgehead atoms. The molecular formula is C14H10Cl2N4O. The molecule has 2 heterocycles. The summed E-state index contributed by atoms with van der Waals surface area (Å²) >= 11 is 12.4. The summed E-state index contributed by atoms with van der Waals surface area (Å²) in [5, 5.41) is 1.19. The topological polar surface area (TPSA) is 73.8 Å². The third-order valence-electron chi connectivity index (χ3n) is 3.17. The molecule has 3 aromatic rings. The van der Waals surface area contributed by atoms with Gasteiger partial charge >= 0.3 is 0 Å². The molecule has 0 fully saturated rings. The number of aromatic nitrogens is 3. The number of pyridine rings is 1. The zero-order chi connectivity index (χ0) is 15.1. The van der Waals surface area contributed by atoms with Gasteiger partial charge in [-0.2, -0.15) is 4.98 Å². The molecule has 0 aliphatic heterocycles. The third kappa shape index (κ3) is 2.24. The number of anilines is 1. The fourth-order valence-electron chi connectivity index (χ4n) is 2.21. The van der Waals surface area contributed by atoms with Crippen LogP contribution in [0.1, 0.15) is 0 Å². The van der Waals surface area contributed by atoms with E-state index in [0.29, 0.717) is 32.2 Å². The summed E-state index contributed by atoms with van der Waals surface area (Å²) in [6.07, 6.45) is 3.05. The van der Waals surface area contributed by atoms with Crippen molar-refractivity contribution in [1.29, 1.82) is 0 Å². The first-order valence-corrected chi connectivity index (χ1v) is 6.81. The maximum absolute atomic E-state index is 12.6. The van der Waals surface area contributed by atoms with Crippen LogP contribution >= 0.6 is 23.2 Å². The van der Waals surface area contributed by atoms with E-state index in [1.54, 1.807) is 36.0 Å². The first kappa shape index (κ1) is 13.9. The van der Waals surface area contributed by atoms with Crippen LogP contribution < -0.4 is 11.2 Å². The minimum atomic E-state index is -0.238. The Morgan fingerprint density at radius 3 is 2.57 bits per heavy atom. The van der Waals surface area contributed by atoms with Crippen LogP contribution in [0.15, 0.2) is 35.4 Å². The molecule has 0 aliphatic rings. The largest absolute Gasteiger partial charge is 0.368 e. The minimum absolute atomic E-state index is 0.112. The van der Waals surface area contributed by atoms with Crippen LogP contribution in [-0.4, -0.2) is 14.5 Å². The minimum Gasteiger partial charge on any atom is -0.368 e. The number of rotatable bonds is 1. The normalized spacial score (nSPS) is 11.0. The highest BCUT2D eigenvalue weighted by molar-refractivity contribution is 6.39. The lowest BCUT2D eigenvalue weighted by atomic mass is 10.1. The van der Waals surface area contributed by atoms with E-state index in [0.717, 1.165) is 0 Å². The van der Waals surface area contributed by atoms with E-state index in [2.05, 4.69) is 9.97 Å². The molecule has 1 aromatic carbocycles. The van der Waals surface area contributed by atoms with Crippen LogP contribution in [0, 0.1) is 0 Å². The average molecular weight is 321 g/mol. The Bertz CT molecular complexity index is 900. The predicted octanol–water partition coefficient (Wildman–Crippen LogP) is 2.88. The Kier molecular flexibility index (Phi) is 3.31. The SMILES string of the molecule is Cn1cc(-c2c(Cl)cccc2Cl)c(=O)c2cnc(N)nc21. The van der Waals surface area contributed by atoms with Crippen LogP contribution in [0.2, 0.25) is 10.0 Å². The molecular weight excluding hydrogens is 311 g/mol. The van der Waals surface area contributed by atoms with Crippen LogP contribution in [-0.2, 0) is 7.05 Å². The number of nitrogens with zero attached hydrogens (tertiary/aromatic N) is 3. The maximum atomic E-state index is 12.6. The first-order chi connectivity index (χ1) is 9.99. The molecule has 3 rings (SSSR count). The van der Waals surface area contributed by atoms with E-state index in [4.69, 9.17) is 28.9 Å². The van der Waals surface area contributed by atoms with Gasteiger partial charge in [0.15, 0.2) is 0 Å². The van der Waals surface area contributed by atoms with Crippen molar-refractivity contribution in [3.05, 3.63) is 50.9 Å². The third-order valence-corrected chi connectivity index (χ3v) is 3.80. The molecule has 0 radical (unpaired) electrons. The molecule has 21 heavy (non-hydrogen) atoms. The molecule has 2 N–H and O–H groups in total. The number of halogens is 2. The second-order valence-corrected chi connectivity index (χ2v) is 5.36. The number of nitrogen functional groups attached to an aromatic ring is 1. The van der Waals surface area contributed by atoms with Gasteiger partial charge in [0.25, 0.3) is 0 Å². The summed E-state index contributed by atoms with van der Waals surface area (Å²) in [6, 6.07) is 5.10. The lowest BCUT2D eigenvalue weighted by Gasteiger charge is -2.11. The van der Waals surface area contributed by atoms with Crippen molar-refractivity contribution in [2.24, 2.45) is 7.05 Å². The second-order valence-electron chi connectivity index (χ2n) is 4.54. The van der Waals surface area contributed by atoms with E-state index in [1.165, 1.54) is 6.20 Å². The fraction of sp³-hybridized carbons (Fsp3) is 0.0714. The van der Waals surface area contributed by atoms with E-state index >= 15 is 0 Å². The van der Waals surface area contributed by atoms with Gasteiger partial charge in [-0.3, -0.25) is 4.79 Å². The van der Waals surface area contributed by atoms with E-state index < -0.39 is 0 Å². The average Bonchev–Trinajstić information content (AvgIpc) is 2.44. The Balaban J connectivity index is 2.43. The van der Waals surface area contributed by atoms with Gasteiger partial charge in [-0.25, -0.2) is 4.98 Å². The van der Waals surface area contributed by atoms with Gasteiger partial charge in [0.1, 0.15) is 5.65 Å². The van der Waals surface area contributed by atoms with Crippen LogP contribution in [0.25, 0.3) is 22.2 Å². The van der Waals surface area contributed by atoms with Crippen molar-refractivity contribution in [3.63, 3.8) is 0 Å². The van der Waals surface area contributed by atoms with Gasteiger partial charge in [-0.1, -0.05) is 29.3 Å². The number of fused-ring (bicyclic) bond motifs is 1. The summed E-state index contributed by atoms with van der Waals surface area (Å²) in [6.45, 7) is 0. The molecule has 106 valence electrons. The molecule has 0 amide bonds. The fourth-order valence-corrected chi connectivity index (χ4v) is 2.81. The number of benzene rings is 1. The van der Waals surface area contributed by atoms with Gasteiger partial charge in [0, 0.05) is 30.6 Å². The van der Waals surface area contributed by atoms with E-state index in [1.807, 2.05) is 0 Å². The highest BCUT2D eigenvalue weighted by Crippen LogP contribution is 2.33. The molecule has 7 heteroatoms. The van der Waals surface area contributed by atoms with Gasteiger partial charge < -0.3 is 10.3 Å². The molecule has 0 aliphatic carbocycles. The van der Waals surface area contributed by atoms with Crippen LogP contribution in [0.3, 0.4) is 0 Å². The van der Waals surface area contributed by atoms with Crippen molar-refractivity contribution in [3.8, 4) is 11.1 Å². The highest BCUT2D eigenvalue weighted by atomic mass is 35.5. The van der Waals surface area contributed by atoms with Gasteiger partial charge in [-0.15, -0.1) is 0 Å². The maximum Gasteiger partial charge on any atom is 0.221 e. The Morgan fingerprint density at radius 1 is 1.24 bits per heavy atom. The smallest absolute Gasteiger partial charge is 0.221 e. The lowest BCUT2D eigenvalue weighted by Crippen LogP contribution is -2.13. The monoisotopic (exact) mass is 320 g/mol. The van der Waals surface area contributed by atoms with Crippen LogP contribution in [0.4, 0.5) is 5.95 Å². The molecule has 5 nitrogen and oxygen atoms in total. The molecule has 0 atom stereocenters. The van der Waals surface area contributed by atoms with Gasteiger partial charge in [0.05, 0.1) is 15.4 Å². The van der Waals surface area contributed by atoms with Crippen LogP contribution in [0.5, 0.6) is 0 Å². The summed E-state index contributed by atoms with van der Waals surface area (Å²) in [5.74, 6) is 0.112. The van der Waals surface area contributed by atoms with Gasteiger partial charge in [-0.05, 0) is 12.1 Å². The lowest BCUT2D eigenvalue weighted by molar-refractivity contribution is 0.926. The molecule has 0 unspecified atom stereocenters. The Labute approximate surface area is 130 Å². The standard InChI is InChI=1S/C14H10Cl2N4O/c1-20-6-8(11-9(15)3-2-4-10(11)16)12(21)7-5-18-14(17)19-13(7)20/h2-6H,1H3,(H2,17,18,19). The number of aryl methyl sites for hydroxylation is 1. The van der Waals surface area contributed by atoms with Crippen molar-refractivity contribution in [2.45, 2.75) is 0 Å². The van der Waals surface area contributed by atoms with Crippen molar-refractivity contribution < 1.29 is 0 Å². The molecule has 2 aromatic heterocycles. The predicted molar refractivity (Wildman–Crippen MR) is 84.6 cm³/mol. The zero-order valence-corrected chi connectivity index (χ0v) is 12.5. The van der Waals surface area contributed by atoms with Crippen molar-refractivity contribution in [1.82, 2.24) is 14.5 Å². The quantitative estimate of drug-likeness (QED) is 0.748. The summed E-state index contributed by atoms with van der Waals surface area (Å²) < 4.78 is 1.70. The Hall–Kier alpha value is -2.11. The van der Waals surface area contributed by atoms with Crippen molar-refractivity contribution in [2.75, 3.05) is 5.73 Å². The van der Waals surface area contributed by atoms with Crippen molar-refractivity contribution >= 4 is 40.2 Å². The first-order valence-electron chi connectivity index (χ1n) is 6.05. The van der Waals surface area contributed by atoms with E-state index in [9.17, 15) is 4.79 Å². The Morgan fingerprint density at radius 2 is 1.90 bits per heavy atom. The molecule has 0 spiro atoms. The second kappa shape index (κ2) is 5.02. The highest BCUT2D eigenvalue weighted by Gasteiger charge is 2.16. The summed E-state index contributed by atoms with van der Waals surface area (Å²) in [7, 11) is 1.77. The molecule has 0 saturated heterocycles. The molecule has 0 saturated carbocycles. The summed E-state index contributed by atoms with van der Waals surface area (Å²) in [5.41, 5.74) is 6.68. The van der Waals surface area contributed by atoms with E-state index in [-0.39, 0.29) is 11.4 Å². The zero-order valence-electron chi connectivity index (χ0n) is 11.0. The number of hydrogen-bond acceptors (Lipinski definition) is 4. The van der Waals surface area contributed by atoms with Gasteiger partial charge in [0.2, 0.25) is 11.4 Å². The number of hydrogen-bond donors (Lipinski definition) is 1. The number of nitrogens with two attached hydrogens (primary N) is 1.